The van der Waals surface area contributed by atoms with Crippen LogP contribution in [0.1, 0.15) is 0 Å². The van der Waals surface area contributed by atoms with Gasteiger partial charge in [0.25, 0.3) is 5.48 Å². The molecule has 0 saturated heterocycles. The van der Waals surface area contributed by atoms with Crippen LogP contribution in [0.2, 0.25) is 5.02 Å². The molecule has 0 amide bonds. The van der Waals surface area contributed by atoms with Crippen molar-refractivity contribution in [3.63, 3.8) is 0 Å². The molecule has 0 fully saturated rings. The van der Waals surface area contributed by atoms with Crippen LogP contribution >= 0.6 is 35.3 Å². The number of likely N-dealkylation sites (N-methyl/N-ethyl adjacent to an activating group) is 1. The van der Waals surface area contributed by atoms with E-state index >= 15 is 0 Å². The fraction of sp³-hybridized carbons (Fsp3) is 0.308. The van der Waals surface area contributed by atoms with Crippen LogP contribution in [-0.2, 0) is 0 Å². The number of aromatic nitrogens is 1. The minimum absolute atomic E-state index is 0.000488. The zero-order valence-corrected chi connectivity index (χ0v) is 14.7. The number of halogens is 2. The molecule has 0 saturated carbocycles. The summed E-state index contributed by atoms with van der Waals surface area (Å²) in [5.41, 5.74) is 0.800. The summed E-state index contributed by atoms with van der Waals surface area (Å²) in [7, 11) is 3.83. The predicted molar refractivity (Wildman–Crippen MR) is 87.4 cm³/mol. The van der Waals surface area contributed by atoms with Gasteiger partial charge in [-0.1, -0.05) is 11.6 Å². The fourth-order valence-corrected chi connectivity index (χ4v) is 3.82. The van der Waals surface area contributed by atoms with Crippen molar-refractivity contribution in [2.24, 2.45) is 0 Å². The molecule has 0 spiro atoms. The summed E-state index contributed by atoms with van der Waals surface area (Å²) >= 11 is 9.39. The molecule has 0 radical (unpaired) electrons. The Kier molecular flexibility index (Phi) is 4.59. The standard InChI is InChI=1S/C13H15BrClN2O2P/c1-17(2,3)7-13(18)20(19)12-6-16-11-5-10(15)9(14)4-8(11)12/h4-6,16H,7H2,1-3H3/p+1. The van der Waals surface area contributed by atoms with Gasteiger partial charge >= 0.3 is 0 Å². The maximum Gasteiger partial charge on any atom is 0.279 e. The molecule has 2 rings (SSSR count). The molecule has 7 heteroatoms. The summed E-state index contributed by atoms with van der Waals surface area (Å²) in [5.74, 6) is 0. The second kappa shape index (κ2) is 5.76. The third kappa shape index (κ3) is 3.42. The van der Waals surface area contributed by atoms with Gasteiger partial charge in [0.2, 0.25) is 0 Å². The van der Waals surface area contributed by atoms with E-state index in [4.69, 9.17) is 11.6 Å². The Balaban J connectivity index is 2.53. The monoisotopic (exact) mass is 377 g/mol. The molecular formula is C13H16BrClN2O2P+. The number of hydrogen-bond acceptors (Lipinski definition) is 1. The van der Waals surface area contributed by atoms with Crippen molar-refractivity contribution < 1.29 is 14.5 Å². The number of hydrogen-bond donors (Lipinski definition) is 2. The number of aromatic amines is 1. The summed E-state index contributed by atoms with van der Waals surface area (Å²) in [6, 6.07) is 3.58. The molecule has 20 heavy (non-hydrogen) atoms. The Bertz CT molecular complexity index is 691. The van der Waals surface area contributed by atoms with Crippen LogP contribution in [0.5, 0.6) is 0 Å². The Morgan fingerprint density at radius 3 is 2.70 bits per heavy atom. The molecule has 0 aliphatic rings. The van der Waals surface area contributed by atoms with Crippen molar-refractivity contribution in [2.45, 2.75) is 0 Å². The van der Waals surface area contributed by atoms with E-state index in [9.17, 15) is 10.00 Å². The maximum atomic E-state index is 12.5. The second-order valence-electron chi connectivity index (χ2n) is 5.64. The highest BCUT2D eigenvalue weighted by molar-refractivity contribution is 9.10. The molecule has 1 atom stereocenters. The van der Waals surface area contributed by atoms with Gasteiger partial charge in [-0.15, -0.1) is 0 Å². The lowest BCUT2D eigenvalue weighted by atomic mass is 10.2. The van der Waals surface area contributed by atoms with Gasteiger partial charge in [-0.2, -0.15) is 0 Å². The molecule has 1 heterocycles. The molecule has 1 aromatic heterocycles. The van der Waals surface area contributed by atoms with E-state index in [1.54, 1.807) is 12.3 Å². The van der Waals surface area contributed by atoms with E-state index in [1.807, 2.05) is 27.2 Å². The minimum atomic E-state index is -1.97. The van der Waals surface area contributed by atoms with Gasteiger partial charge in [0.1, 0.15) is 7.77 Å². The fourth-order valence-electron chi connectivity index (χ4n) is 1.90. The first kappa shape index (κ1) is 16.0. The SMILES string of the molecule is C[N+](C)(C)CC(O)=[P+]([O-])c1c[nH]c2cc(Cl)c(Br)cc12. The lowest BCUT2D eigenvalue weighted by Crippen LogP contribution is -2.40. The van der Waals surface area contributed by atoms with Gasteiger partial charge in [0, 0.05) is 4.47 Å². The molecule has 1 unspecified atom stereocenters. The third-order valence-electron chi connectivity index (χ3n) is 2.77. The number of aliphatic hydroxyl groups excluding tert-OH is 1. The largest absolute Gasteiger partial charge is 0.624 e. The average Bonchev–Trinajstić information content (AvgIpc) is 2.69. The van der Waals surface area contributed by atoms with Crippen LogP contribution < -0.4 is 10.2 Å². The summed E-state index contributed by atoms with van der Waals surface area (Å²) in [4.78, 5) is 15.5. The van der Waals surface area contributed by atoms with Gasteiger partial charge in [-0.25, -0.2) is 0 Å². The Hall–Kier alpha value is -0.420. The van der Waals surface area contributed by atoms with Gasteiger partial charge < -0.3 is 19.5 Å². The Morgan fingerprint density at radius 1 is 1.45 bits per heavy atom. The molecule has 4 nitrogen and oxygen atoms in total. The third-order valence-corrected chi connectivity index (χ3v) is 5.38. The smallest absolute Gasteiger partial charge is 0.279 e. The lowest BCUT2D eigenvalue weighted by molar-refractivity contribution is -0.861. The van der Waals surface area contributed by atoms with Crippen molar-refractivity contribution in [1.29, 1.82) is 0 Å². The number of aliphatic hydroxyl groups is 1. The highest BCUT2D eigenvalue weighted by Gasteiger charge is 2.22. The van der Waals surface area contributed by atoms with Gasteiger partial charge in [-0.05, 0) is 28.1 Å². The number of benzene rings is 1. The van der Waals surface area contributed by atoms with Crippen molar-refractivity contribution in [3.05, 3.63) is 27.8 Å². The van der Waals surface area contributed by atoms with E-state index < -0.39 is 7.77 Å². The molecule has 0 aliphatic carbocycles. The number of rotatable bonds is 3. The summed E-state index contributed by atoms with van der Waals surface area (Å²) < 4.78 is 1.26. The number of fused-ring (bicyclic) bond motifs is 1. The van der Waals surface area contributed by atoms with Crippen molar-refractivity contribution in [2.75, 3.05) is 27.7 Å². The zero-order chi connectivity index (χ0) is 15.1. The first-order valence-electron chi connectivity index (χ1n) is 5.97. The quantitative estimate of drug-likeness (QED) is 0.635. The molecule has 108 valence electrons. The molecule has 1 aromatic carbocycles. The van der Waals surface area contributed by atoms with Gasteiger partial charge in [-0.3, -0.25) is 0 Å². The molecule has 0 aliphatic heterocycles. The van der Waals surface area contributed by atoms with E-state index in [0.717, 1.165) is 15.4 Å². The highest BCUT2D eigenvalue weighted by atomic mass is 79.9. The maximum absolute atomic E-state index is 12.5. The minimum Gasteiger partial charge on any atom is -0.624 e. The van der Waals surface area contributed by atoms with Crippen LogP contribution in [0.3, 0.4) is 0 Å². The van der Waals surface area contributed by atoms with E-state index in [1.165, 1.54) is 0 Å². The predicted octanol–water partition coefficient (Wildman–Crippen LogP) is 2.17. The summed E-state index contributed by atoms with van der Waals surface area (Å²) in [5, 5.41) is 12.1. The number of nitrogens with zero attached hydrogens (tertiary/aromatic N) is 1. The summed E-state index contributed by atoms with van der Waals surface area (Å²) in [6.45, 7) is 0.344. The summed E-state index contributed by atoms with van der Waals surface area (Å²) in [6.07, 6.45) is 1.66. The van der Waals surface area contributed by atoms with Gasteiger partial charge in [0.15, 0.2) is 11.8 Å². The highest BCUT2D eigenvalue weighted by Crippen LogP contribution is 2.29. The molecule has 2 N–H and O–H groups in total. The van der Waals surface area contributed by atoms with Crippen LogP contribution in [0.4, 0.5) is 0 Å². The first-order chi connectivity index (χ1) is 9.19. The average molecular weight is 379 g/mol. The van der Waals surface area contributed by atoms with Crippen molar-refractivity contribution >= 4 is 57.0 Å². The van der Waals surface area contributed by atoms with E-state index in [-0.39, 0.29) is 5.48 Å². The van der Waals surface area contributed by atoms with Crippen LogP contribution in [0, 0.1) is 0 Å². The van der Waals surface area contributed by atoms with Gasteiger partial charge in [0.05, 0.1) is 43.3 Å². The van der Waals surface area contributed by atoms with Crippen LogP contribution in [0.15, 0.2) is 22.8 Å². The lowest BCUT2D eigenvalue weighted by Gasteiger charge is -2.21. The van der Waals surface area contributed by atoms with Crippen molar-refractivity contribution in [3.8, 4) is 0 Å². The molecule has 0 bridgehead atoms. The second-order valence-corrected chi connectivity index (χ2v) is 8.49. The Labute approximate surface area is 132 Å². The molecular weight excluding hydrogens is 362 g/mol. The van der Waals surface area contributed by atoms with Crippen LogP contribution in [0.25, 0.3) is 10.9 Å². The zero-order valence-electron chi connectivity index (χ0n) is 11.4. The van der Waals surface area contributed by atoms with Crippen molar-refractivity contribution in [1.82, 2.24) is 4.98 Å². The normalized spacial score (nSPS) is 13.8. The Morgan fingerprint density at radius 2 is 2.10 bits per heavy atom. The number of quaternary nitrogens is 1. The van der Waals surface area contributed by atoms with Crippen LogP contribution in [-0.4, -0.2) is 47.7 Å². The van der Waals surface area contributed by atoms with E-state index in [2.05, 4.69) is 20.9 Å². The van der Waals surface area contributed by atoms with E-state index in [0.29, 0.717) is 21.4 Å². The number of H-pyrrole nitrogens is 1. The number of nitrogens with one attached hydrogen (secondary N) is 1. The topological polar surface area (TPSA) is 59.1 Å². The molecule has 2 aromatic rings. The first-order valence-corrected chi connectivity index (χ1v) is 8.41.